The molecular formula is C23H28N6O2. The second-order valence-corrected chi connectivity index (χ2v) is 8.24. The van der Waals surface area contributed by atoms with E-state index in [9.17, 15) is 4.79 Å². The first kappa shape index (κ1) is 19.9. The number of nitrogens with one attached hydrogen (secondary N) is 1. The van der Waals surface area contributed by atoms with Crippen LogP contribution in [-0.4, -0.2) is 51.7 Å². The molecule has 0 bridgehead atoms. The highest BCUT2D eigenvalue weighted by atomic mass is 16.5. The third-order valence-electron chi connectivity index (χ3n) is 6.05. The Bertz CT molecular complexity index is 1100. The second kappa shape index (κ2) is 8.63. The molecule has 0 aliphatic carbocycles. The predicted molar refractivity (Wildman–Crippen MR) is 118 cm³/mol. The Balaban J connectivity index is 1.40. The first-order chi connectivity index (χ1) is 15.2. The van der Waals surface area contributed by atoms with Gasteiger partial charge in [-0.05, 0) is 31.9 Å². The number of amides is 1. The molecule has 31 heavy (non-hydrogen) atoms. The van der Waals surface area contributed by atoms with Crippen LogP contribution in [0.5, 0.6) is 0 Å². The molecule has 8 nitrogen and oxygen atoms in total. The lowest BCUT2D eigenvalue weighted by Crippen LogP contribution is -2.37. The van der Waals surface area contributed by atoms with E-state index in [1.54, 1.807) is 6.20 Å². The monoisotopic (exact) mass is 420 g/mol. The van der Waals surface area contributed by atoms with Crippen LogP contribution in [0.4, 0.5) is 5.82 Å². The number of carbonyl (C=O) groups is 1. The van der Waals surface area contributed by atoms with Gasteiger partial charge in [-0.25, -0.2) is 15.0 Å². The summed E-state index contributed by atoms with van der Waals surface area (Å²) in [5, 5.41) is 3.09. The number of carbonyl (C=O) groups excluding carboxylic acids is 1. The molecule has 1 N–H and O–H groups in total. The molecule has 0 spiro atoms. The summed E-state index contributed by atoms with van der Waals surface area (Å²) >= 11 is 0. The van der Waals surface area contributed by atoms with Gasteiger partial charge in [-0.2, -0.15) is 0 Å². The Morgan fingerprint density at radius 1 is 1.16 bits per heavy atom. The van der Waals surface area contributed by atoms with Crippen molar-refractivity contribution in [3.63, 3.8) is 0 Å². The number of aromatic nitrogens is 4. The van der Waals surface area contributed by atoms with Gasteiger partial charge in [0.05, 0.1) is 18.8 Å². The van der Waals surface area contributed by atoms with Crippen molar-refractivity contribution >= 4 is 22.9 Å². The zero-order valence-corrected chi connectivity index (χ0v) is 17.9. The lowest BCUT2D eigenvalue weighted by Gasteiger charge is -2.29. The van der Waals surface area contributed by atoms with Crippen LogP contribution in [-0.2, 0) is 24.2 Å². The summed E-state index contributed by atoms with van der Waals surface area (Å²) in [6, 6.07) is 5.77. The summed E-state index contributed by atoms with van der Waals surface area (Å²) in [5.41, 5.74) is 3.97. The summed E-state index contributed by atoms with van der Waals surface area (Å²) in [6.07, 6.45) is 6.20. The average Bonchev–Trinajstić information content (AvgIpc) is 2.98. The molecule has 8 heteroatoms. The van der Waals surface area contributed by atoms with Crippen LogP contribution in [0.1, 0.15) is 46.7 Å². The number of rotatable bonds is 4. The number of morpholine rings is 1. The molecule has 5 heterocycles. The Morgan fingerprint density at radius 3 is 2.90 bits per heavy atom. The van der Waals surface area contributed by atoms with Crippen molar-refractivity contribution in [1.82, 2.24) is 24.8 Å². The molecule has 3 aromatic heterocycles. The van der Waals surface area contributed by atoms with E-state index < -0.39 is 0 Å². The van der Waals surface area contributed by atoms with Crippen molar-refractivity contribution in [3.05, 3.63) is 47.0 Å². The Kier molecular flexibility index (Phi) is 5.55. The maximum Gasteiger partial charge on any atom is 0.253 e. The van der Waals surface area contributed by atoms with Crippen molar-refractivity contribution in [3.8, 4) is 0 Å². The van der Waals surface area contributed by atoms with Gasteiger partial charge in [-0.1, -0.05) is 12.5 Å². The third kappa shape index (κ3) is 3.99. The molecule has 3 aromatic rings. The van der Waals surface area contributed by atoms with E-state index in [-0.39, 0.29) is 5.91 Å². The number of hydrogen-bond acceptors (Lipinski definition) is 6. The van der Waals surface area contributed by atoms with Crippen LogP contribution >= 0.6 is 0 Å². The van der Waals surface area contributed by atoms with Gasteiger partial charge in [0.25, 0.3) is 5.91 Å². The minimum Gasteiger partial charge on any atom is -0.378 e. The van der Waals surface area contributed by atoms with E-state index in [0.717, 1.165) is 67.4 Å². The van der Waals surface area contributed by atoms with Crippen molar-refractivity contribution in [2.75, 3.05) is 31.2 Å². The minimum atomic E-state index is -0.125. The maximum absolute atomic E-state index is 13.2. The largest absolute Gasteiger partial charge is 0.378 e. The van der Waals surface area contributed by atoms with E-state index in [1.165, 1.54) is 6.42 Å². The number of ether oxygens (including phenoxy) is 1. The number of aryl methyl sites for hydroxylation is 3. The molecule has 5 rings (SSSR count). The molecule has 1 amide bonds. The van der Waals surface area contributed by atoms with E-state index >= 15 is 0 Å². The molecule has 2 aliphatic rings. The Morgan fingerprint density at radius 2 is 2.03 bits per heavy atom. The van der Waals surface area contributed by atoms with E-state index in [0.29, 0.717) is 30.8 Å². The number of anilines is 1. The fourth-order valence-corrected chi connectivity index (χ4v) is 4.49. The fraction of sp³-hybridized carbons (Fsp3) is 0.478. The molecule has 0 saturated carbocycles. The smallest absolute Gasteiger partial charge is 0.253 e. The highest BCUT2D eigenvalue weighted by molar-refractivity contribution is 6.04. The molecular weight excluding hydrogens is 392 g/mol. The summed E-state index contributed by atoms with van der Waals surface area (Å²) in [6.45, 7) is 6.27. The molecule has 162 valence electrons. The maximum atomic E-state index is 13.2. The van der Waals surface area contributed by atoms with Crippen LogP contribution in [0.3, 0.4) is 0 Å². The van der Waals surface area contributed by atoms with E-state index in [2.05, 4.69) is 19.8 Å². The second-order valence-electron chi connectivity index (χ2n) is 8.24. The highest BCUT2D eigenvalue weighted by Crippen LogP contribution is 2.24. The lowest BCUT2D eigenvalue weighted by atomic mass is 10.1. The van der Waals surface area contributed by atoms with Gasteiger partial charge in [0, 0.05) is 50.1 Å². The van der Waals surface area contributed by atoms with Crippen molar-refractivity contribution in [1.29, 1.82) is 0 Å². The zero-order chi connectivity index (χ0) is 21.2. The SMILES string of the molecule is Cc1cc(C(=O)NCc2cccnc2N2CCOCC2)c2nc3n(c2n1)CCCCC3. The van der Waals surface area contributed by atoms with Crippen molar-refractivity contribution in [2.24, 2.45) is 0 Å². The first-order valence-electron chi connectivity index (χ1n) is 11.1. The van der Waals surface area contributed by atoms with E-state index in [4.69, 9.17) is 14.7 Å². The molecule has 1 saturated heterocycles. The third-order valence-corrected chi connectivity index (χ3v) is 6.05. The number of imidazole rings is 1. The van der Waals surface area contributed by atoms with E-state index in [1.807, 2.05) is 25.1 Å². The first-order valence-corrected chi connectivity index (χ1v) is 11.1. The van der Waals surface area contributed by atoms with Crippen LogP contribution in [0.15, 0.2) is 24.4 Å². The summed E-state index contributed by atoms with van der Waals surface area (Å²) in [4.78, 5) is 29.5. The van der Waals surface area contributed by atoms with Gasteiger partial charge in [-0.3, -0.25) is 4.79 Å². The lowest BCUT2D eigenvalue weighted by molar-refractivity contribution is 0.0952. The van der Waals surface area contributed by atoms with Gasteiger partial charge < -0.3 is 19.5 Å². The van der Waals surface area contributed by atoms with Crippen molar-refractivity contribution < 1.29 is 9.53 Å². The Labute approximate surface area is 181 Å². The van der Waals surface area contributed by atoms with Gasteiger partial charge in [0.15, 0.2) is 5.65 Å². The molecule has 0 aromatic carbocycles. The van der Waals surface area contributed by atoms with Crippen LogP contribution < -0.4 is 10.2 Å². The number of fused-ring (bicyclic) bond motifs is 3. The summed E-state index contributed by atoms with van der Waals surface area (Å²) in [7, 11) is 0. The van der Waals surface area contributed by atoms with Crippen LogP contribution in [0, 0.1) is 6.92 Å². The van der Waals surface area contributed by atoms with Gasteiger partial charge >= 0.3 is 0 Å². The fourth-order valence-electron chi connectivity index (χ4n) is 4.49. The van der Waals surface area contributed by atoms with Gasteiger partial charge in [0.1, 0.15) is 17.2 Å². The van der Waals surface area contributed by atoms with Crippen LogP contribution in [0.2, 0.25) is 0 Å². The Hall–Kier alpha value is -3.00. The molecule has 2 aliphatic heterocycles. The molecule has 0 unspecified atom stereocenters. The minimum absolute atomic E-state index is 0.125. The topological polar surface area (TPSA) is 85.2 Å². The van der Waals surface area contributed by atoms with Gasteiger partial charge in [0.2, 0.25) is 0 Å². The van der Waals surface area contributed by atoms with Crippen molar-refractivity contribution in [2.45, 2.75) is 45.7 Å². The number of hydrogen-bond donors (Lipinski definition) is 1. The molecule has 0 radical (unpaired) electrons. The molecule has 0 atom stereocenters. The molecule has 1 fully saturated rings. The van der Waals surface area contributed by atoms with Crippen LogP contribution in [0.25, 0.3) is 11.2 Å². The summed E-state index contributed by atoms with van der Waals surface area (Å²) in [5.74, 6) is 1.83. The quantitative estimate of drug-likeness (QED) is 0.698. The zero-order valence-electron chi connectivity index (χ0n) is 17.9. The highest BCUT2D eigenvalue weighted by Gasteiger charge is 2.21. The number of pyridine rings is 2. The number of nitrogens with zero attached hydrogens (tertiary/aromatic N) is 5. The average molecular weight is 421 g/mol. The summed E-state index contributed by atoms with van der Waals surface area (Å²) < 4.78 is 7.66. The standard InChI is InChI=1S/C23H28N6O2/c1-16-14-18(20-22(26-16)29-9-4-2-3-7-19(29)27-20)23(30)25-15-17-6-5-8-24-21(17)28-10-12-31-13-11-28/h5-6,8,14H,2-4,7,9-13,15H2,1H3,(H,25,30). The van der Waals surface area contributed by atoms with Gasteiger partial charge in [-0.15, -0.1) is 0 Å². The predicted octanol–water partition coefficient (Wildman–Crippen LogP) is 2.63. The normalized spacial score (nSPS) is 16.7.